The number of ketones is 1. The van der Waals surface area contributed by atoms with E-state index < -0.39 is 6.04 Å². The van der Waals surface area contributed by atoms with Crippen LogP contribution in [0.3, 0.4) is 0 Å². The van der Waals surface area contributed by atoms with E-state index in [0.29, 0.717) is 36.2 Å². The highest BCUT2D eigenvalue weighted by Gasteiger charge is 2.22. The summed E-state index contributed by atoms with van der Waals surface area (Å²) < 4.78 is 5.15. The van der Waals surface area contributed by atoms with Crippen LogP contribution in [0, 0.1) is 5.92 Å². The molecule has 3 aromatic rings. The average molecular weight is 488 g/mol. The van der Waals surface area contributed by atoms with Gasteiger partial charge in [0.05, 0.1) is 7.11 Å². The van der Waals surface area contributed by atoms with Crippen LogP contribution in [0.2, 0.25) is 0 Å². The van der Waals surface area contributed by atoms with Gasteiger partial charge in [-0.15, -0.1) is 0 Å². The summed E-state index contributed by atoms with van der Waals surface area (Å²) in [4.78, 5) is 38.3. The van der Waals surface area contributed by atoms with Gasteiger partial charge in [-0.2, -0.15) is 0 Å². The summed E-state index contributed by atoms with van der Waals surface area (Å²) in [7, 11) is 1.62. The van der Waals surface area contributed by atoms with Crippen molar-refractivity contribution in [3.05, 3.63) is 95.6 Å². The summed E-state index contributed by atoms with van der Waals surface area (Å²) in [6.07, 6.45) is 0.508. The van der Waals surface area contributed by atoms with Crippen molar-refractivity contribution >= 4 is 23.3 Å². The fourth-order valence-corrected chi connectivity index (χ4v) is 3.70. The monoisotopic (exact) mass is 487 g/mol. The summed E-state index contributed by atoms with van der Waals surface area (Å²) in [6.45, 7) is 4.95. The number of ether oxygens (including phenoxy) is 1. The van der Waals surface area contributed by atoms with Gasteiger partial charge in [0.2, 0.25) is 5.91 Å². The van der Waals surface area contributed by atoms with Crippen LogP contribution >= 0.6 is 0 Å². The van der Waals surface area contributed by atoms with Crippen LogP contribution in [0.4, 0.5) is 5.69 Å². The average Bonchev–Trinajstić information content (AvgIpc) is 2.90. The Morgan fingerprint density at radius 3 is 2.00 bits per heavy atom. The van der Waals surface area contributed by atoms with Crippen molar-refractivity contribution in [2.45, 2.75) is 26.3 Å². The molecule has 3 rings (SSSR count). The van der Waals surface area contributed by atoms with Crippen molar-refractivity contribution in [1.82, 2.24) is 10.6 Å². The van der Waals surface area contributed by atoms with Gasteiger partial charge in [-0.1, -0.05) is 56.3 Å². The van der Waals surface area contributed by atoms with E-state index in [1.807, 2.05) is 56.3 Å². The summed E-state index contributed by atoms with van der Waals surface area (Å²) in [5.41, 5.74) is 2.40. The quantitative estimate of drug-likeness (QED) is 0.262. The number of carbonyl (C=O) groups excluding carboxylic acids is 3. The van der Waals surface area contributed by atoms with E-state index in [0.717, 1.165) is 11.4 Å². The molecule has 0 saturated heterocycles. The van der Waals surface area contributed by atoms with Crippen molar-refractivity contribution < 1.29 is 19.1 Å². The molecule has 0 heterocycles. The highest BCUT2D eigenvalue weighted by atomic mass is 16.5. The maximum Gasteiger partial charge on any atom is 0.251 e. The third-order valence-corrected chi connectivity index (χ3v) is 5.62. The Morgan fingerprint density at radius 1 is 0.778 bits per heavy atom. The lowest BCUT2D eigenvalue weighted by molar-refractivity contribution is -0.123. The molecule has 0 aliphatic heterocycles. The lowest BCUT2D eigenvalue weighted by Crippen LogP contribution is -2.48. The van der Waals surface area contributed by atoms with Crippen molar-refractivity contribution in [3.63, 3.8) is 0 Å². The van der Waals surface area contributed by atoms with E-state index in [-0.39, 0.29) is 23.5 Å². The summed E-state index contributed by atoms with van der Waals surface area (Å²) in [5.74, 6) is 0.293. The molecule has 0 radical (unpaired) electrons. The number of nitrogens with one attached hydrogen (secondary N) is 3. The first kappa shape index (κ1) is 26.5. The lowest BCUT2D eigenvalue weighted by Gasteiger charge is -2.20. The summed E-state index contributed by atoms with van der Waals surface area (Å²) in [5, 5.41) is 8.98. The van der Waals surface area contributed by atoms with Gasteiger partial charge >= 0.3 is 0 Å². The number of anilines is 1. The summed E-state index contributed by atoms with van der Waals surface area (Å²) >= 11 is 0. The molecule has 2 amide bonds. The fraction of sp³-hybridized carbons (Fsp3) is 0.276. The van der Waals surface area contributed by atoms with Crippen LogP contribution in [-0.4, -0.2) is 43.8 Å². The largest absolute Gasteiger partial charge is 0.497 e. The second kappa shape index (κ2) is 13.1. The molecule has 3 N–H and O–H groups in total. The van der Waals surface area contributed by atoms with Crippen LogP contribution in [0.15, 0.2) is 78.9 Å². The Labute approximate surface area is 212 Å². The van der Waals surface area contributed by atoms with E-state index >= 15 is 0 Å². The van der Waals surface area contributed by atoms with Crippen LogP contribution in [0.5, 0.6) is 5.75 Å². The lowest BCUT2D eigenvalue weighted by atomic mass is 10.0. The van der Waals surface area contributed by atoms with E-state index in [1.165, 1.54) is 0 Å². The molecular weight excluding hydrogens is 454 g/mol. The molecule has 0 spiro atoms. The maximum atomic E-state index is 12.9. The molecule has 3 aromatic carbocycles. The van der Waals surface area contributed by atoms with Crippen molar-refractivity contribution in [2.75, 3.05) is 25.5 Å². The number of methoxy groups -OCH3 is 1. The SMILES string of the molecule is COc1ccc(NCCNC(=O)[C@H](CC(C)C)NC(=O)c2ccc(C(=O)c3ccccc3)cc2)cc1. The zero-order valence-corrected chi connectivity index (χ0v) is 20.9. The van der Waals surface area contributed by atoms with Gasteiger partial charge in [-0.3, -0.25) is 14.4 Å². The first-order valence-corrected chi connectivity index (χ1v) is 12.0. The number of hydrogen-bond acceptors (Lipinski definition) is 5. The Balaban J connectivity index is 1.54. The van der Waals surface area contributed by atoms with Gasteiger partial charge in [0.1, 0.15) is 11.8 Å². The molecule has 1 atom stereocenters. The first-order chi connectivity index (χ1) is 17.4. The van der Waals surface area contributed by atoms with Gasteiger partial charge < -0.3 is 20.7 Å². The van der Waals surface area contributed by atoms with Crippen molar-refractivity contribution in [3.8, 4) is 5.75 Å². The minimum absolute atomic E-state index is 0.108. The highest BCUT2D eigenvalue weighted by molar-refractivity contribution is 6.09. The highest BCUT2D eigenvalue weighted by Crippen LogP contribution is 2.15. The van der Waals surface area contributed by atoms with E-state index in [1.54, 1.807) is 43.5 Å². The van der Waals surface area contributed by atoms with Crippen LogP contribution in [0.25, 0.3) is 0 Å². The molecule has 36 heavy (non-hydrogen) atoms. The summed E-state index contributed by atoms with van der Waals surface area (Å²) in [6, 6.07) is 22.3. The van der Waals surface area contributed by atoms with Crippen molar-refractivity contribution in [1.29, 1.82) is 0 Å². The predicted molar refractivity (Wildman–Crippen MR) is 142 cm³/mol. The predicted octanol–water partition coefficient (Wildman–Crippen LogP) is 4.30. The van der Waals surface area contributed by atoms with Crippen LogP contribution in [-0.2, 0) is 4.79 Å². The number of hydrogen-bond donors (Lipinski definition) is 3. The minimum Gasteiger partial charge on any atom is -0.497 e. The van der Waals surface area contributed by atoms with Gasteiger partial charge in [-0.25, -0.2) is 0 Å². The van der Waals surface area contributed by atoms with E-state index in [2.05, 4.69) is 16.0 Å². The maximum absolute atomic E-state index is 12.9. The van der Waals surface area contributed by atoms with Gasteiger partial charge in [0, 0.05) is 35.5 Å². The van der Waals surface area contributed by atoms with Crippen LogP contribution < -0.4 is 20.7 Å². The molecule has 0 saturated carbocycles. The standard InChI is InChI=1S/C29H33N3O4/c1-20(2)19-26(29(35)31-18-17-30-24-13-15-25(36-3)16-14-24)32-28(34)23-11-9-22(10-12-23)27(33)21-7-5-4-6-8-21/h4-16,20,26,30H,17-19H2,1-3H3,(H,31,35)(H,32,34)/t26-/m0/s1. The molecule has 7 heteroatoms. The normalized spacial score (nSPS) is 11.4. The van der Waals surface area contributed by atoms with Gasteiger partial charge in [-0.05, 0) is 48.7 Å². The molecular formula is C29H33N3O4. The second-order valence-corrected chi connectivity index (χ2v) is 8.87. The zero-order chi connectivity index (χ0) is 25.9. The molecule has 7 nitrogen and oxygen atoms in total. The number of benzene rings is 3. The van der Waals surface area contributed by atoms with Crippen LogP contribution in [0.1, 0.15) is 46.5 Å². The van der Waals surface area contributed by atoms with Gasteiger partial charge in [0.15, 0.2) is 5.78 Å². The molecule has 0 unspecified atom stereocenters. The minimum atomic E-state index is -0.663. The Morgan fingerprint density at radius 2 is 1.39 bits per heavy atom. The number of carbonyl (C=O) groups is 3. The first-order valence-electron chi connectivity index (χ1n) is 12.0. The fourth-order valence-electron chi connectivity index (χ4n) is 3.70. The Kier molecular flexibility index (Phi) is 9.63. The van der Waals surface area contributed by atoms with E-state index in [4.69, 9.17) is 4.74 Å². The molecule has 0 aliphatic carbocycles. The zero-order valence-electron chi connectivity index (χ0n) is 20.9. The second-order valence-electron chi connectivity index (χ2n) is 8.87. The third-order valence-electron chi connectivity index (χ3n) is 5.62. The molecule has 0 fully saturated rings. The third kappa shape index (κ3) is 7.70. The van der Waals surface area contributed by atoms with Crippen molar-refractivity contribution in [2.24, 2.45) is 5.92 Å². The Hall–Kier alpha value is -4.13. The van der Waals surface area contributed by atoms with E-state index in [9.17, 15) is 14.4 Å². The molecule has 188 valence electrons. The van der Waals surface area contributed by atoms with Gasteiger partial charge in [0.25, 0.3) is 5.91 Å². The molecule has 0 bridgehead atoms. The number of amides is 2. The topological polar surface area (TPSA) is 96.5 Å². The molecule has 0 aromatic heterocycles. The number of rotatable bonds is 12. The smallest absolute Gasteiger partial charge is 0.251 e. The molecule has 0 aliphatic rings. The Bertz CT molecular complexity index is 1140.